The van der Waals surface area contributed by atoms with Gasteiger partial charge in [0.2, 0.25) is 4.80 Å². The second-order valence-electron chi connectivity index (χ2n) is 5.72. The molecule has 124 valence electrons. The minimum Gasteiger partial charge on any atom is -0.303 e. The SMILES string of the molecule is CN1C(=O)N(C)C2C1NN=c1s/c(=C\c3ccc(Br)cc3)c(=O)n12. The van der Waals surface area contributed by atoms with Gasteiger partial charge < -0.3 is 9.80 Å². The number of aromatic nitrogens is 1. The molecule has 7 nitrogen and oxygen atoms in total. The predicted octanol–water partition coefficient (Wildman–Crippen LogP) is 0.461. The number of nitrogens with zero attached hydrogens (tertiary/aromatic N) is 4. The summed E-state index contributed by atoms with van der Waals surface area (Å²) < 4.78 is 3.17. The number of benzene rings is 1. The van der Waals surface area contributed by atoms with E-state index < -0.39 is 6.17 Å². The van der Waals surface area contributed by atoms with Gasteiger partial charge in [-0.05, 0) is 23.8 Å². The molecule has 0 bridgehead atoms. The summed E-state index contributed by atoms with van der Waals surface area (Å²) >= 11 is 4.71. The lowest BCUT2D eigenvalue weighted by molar-refractivity contribution is 0.171. The highest BCUT2D eigenvalue weighted by Gasteiger charge is 2.46. The van der Waals surface area contributed by atoms with Gasteiger partial charge in [0.15, 0.2) is 12.3 Å². The molecule has 0 aliphatic carbocycles. The Morgan fingerprint density at radius 3 is 2.62 bits per heavy atom. The van der Waals surface area contributed by atoms with Gasteiger partial charge in [-0.25, -0.2) is 4.79 Å². The lowest BCUT2D eigenvalue weighted by Crippen LogP contribution is -2.52. The van der Waals surface area contributed by atoms with Crippen LogP contribution in [0.5, 0.6) is 0 Å². The Morgan fingerprint density at radius 2 is 1.92 bits per heavy atom. The van der Waals surface area contributed by atoms with Crippen LogP contribution < -0.4 is 20.3 Å². The van der Waals surface area contributed by atoms with Crippen molar-refractivity contribution in [2.45, 2.75) is 12.3 Å². The molecule has 1 N–H and O–H groups in total. The normalized spacial score (nSPS) is 23.0. The molecule has 1 fully saturated rings. The van der Waals surface area contributed by atoms with E-state index in [4.69, 9.17) is 0 Å². The van der Waals surface area contributed by atoms with E-state index in [0.29, 0.717) is 9.33 Å². The molecule has 0 spiro atoms. The van der Waals surface area contributed by atoms with E-state index in [2.05, 4.69) is 26.5 Å². The van der Waals surface area contributed by atoms with Gasteiger partial charge in [0.1, 0.15) is 0 Å². The molecule has 24 heavy (non-hydrogen) atoms. The van der Waals surface area contributed by atoms with Crippen LogP contribution in [0.2, 0.25) is 0 Å². The maximum absolute atomic E-state index is 12.9. The minimum atomic E-state index is -0.397. The third kappa shape index (κ3) is 2.19. The van der Waals surface area contributed by atoms with E-state index in [-0.39, 0.29) is 17.8 Å². The number of halogens is 1. The number of carbonyl (C=O) groups is 1. The summed E-state index contributed by atoms with van der Waals surface area (Å²) in [4.78, 5) is 28.7. The highest BCUT2D eigenvalue weighted by Crippen LogP contribution is 2.26. The Bertz CT molecular complexity index is 996. The van der Waals surface area contributed by atoms with E-state index in [9.17, 15) is 9.59 Å². The van der Waals surface area contributed by atoms with Crippen LogP contribution >= 0.6 is 27.3 Å². The van der Waals surface area contributed by atoms with E-state index in [1.807, 2.05) is 30.3 Å². The third-order valence-electron chi connectivity index (χ3n) is 4.26. The average Bonchev–Trinajstić information content (AvgIpc) is 3.00. The molecule has 2 aliphatic heterocycles. The largest absolute Gasteiger partial charge is 0.323 e. The summed E-state index contributed by atoms with van der Waals surface area (Å²) in [5.74, 6) is 0. The van der Waals surface area contributed by atoms with Gasteiger partial charge in [0.25, 0.3) is 5.56 Å². The number of likely N-dealkylation sites (N-methyl/N-ethyl adjacent to an activating group) is 2. The molecule has 0 saturated carbocycles. The van der Waals surface area contributed by atoms with E-state index in [0.717, 1.165) is 10.0 Å². The second-order valence-corrected chi connectivity index (χ2v) is 7.65. The Hall–Kier alpha value is -2.13. The van der Waals surface area contributed by atoms with Crippen molar-refractivity contribution in [2.75, 3.05) is 14.1 Å². The predicted molar refractivity (Wildman–Crippen MR) is 94.0 cm³/mol. The van der Waals surface area contributed by atoms with Gasteiger partial charge >= 0.3 is 6.03 Å². The number of rotatable bonds is 1. The summed E-state index contributed by atoms with van der Waals surface area (Å²) in [6, 6.07) is 7.58. The molecule has 1 aromatic heterocycles. The van der Waals surface area contributed by atoms with Gasteiger partial charge in [-0.3, -0.25) is 14.8 Å². The zero-order chi connectivity index (χ0) is 17.0. The number of carbonyl (C=O) groups excluding carboxylic acids is 1. The standard InChI is InChI=1S/C15H14BrN5O2S/c1-19-11-12(20(2)15(19)23)21-13(22)10(24-14(21)18-17-11)7-8-3-5-9(16)6-4-8/h3-7,11-12,17H,1-2H3/b10-7-. The topological polar surface area (TPSA) is 69.9 Å². The van der Waals surface area contributed by atoms with E-state index >= 15 is 0 Å². The highest BCUT2D eigenvalue weighted by atomic mass is 79.9. The van der Waals surface area contributed by atoms with E-state index in [1.54, 1.807) is 28.5 Å². The van der Waals surface area contributed by atoms with Crippen molar-refractivity contribution in [3.8, 4) is 0 Å². The summed E-state index contributed by atoms with van der Waals surface area (Å²) in [5.41, 5.74) is 3.78. The van der Waals surface area contributed by atoms with Crippen LogP contribution in [0.4, 0.5) is 4.79 Å². The second kappa shape index (κ2) is 5.45. The first kappa shape index (κ1) is 15.4. The Balaban J connectivity index is 1.87. The molecule has 2 aromatic rings. The van der Waals surface area contributed by atoms with Gasteiger partial charge in [0, 0.05) is 18.6 Å². The smallest absolute Gasteiger partial charge is 0.303 e. The monoisotopic (exact) mass is 407 g/mol. The number of urea groups is 1. The zero-order valence-corrected chi connectivity index (χ0v) is 15.3. The number of hydrogen-bond donors (Lipinski definition) is 1. The molecule has 2 amide bonds. The van der Waals surface area contributed by atoms with Crippen molar-refractivity contribution < 1.29 is 4.79 Å². The van der Waals surface area contributed by atoms with Crippen molar-refractivity contribution in [2.24, 2.45) is 5.10 Å². The van der Waals surface area contributed by atoms with Crippen LogP contribution in [0, 0.1) is 0 Å². The van der Waals surface area contributed by atoms with Crippen LogP contribution in [-0.2, 0) is 0 Å². The van der Waals surface area contributed by atoms with E-state index in [1.165, 1.54) is 11.3 Å². The minimum absolute atomic E-state index is 0.131. The first-order valence-electron chi connectivity index (χ1n) is 7.29. The summed E-state index contributed by atoms with van der Waals surface area (Å²) in [7, 11) is 3.39. The summed E-state index contributed by atoms with van der Waals surface area (Å²) in [5, 5.41) is 4.28. The van der Waals surface area contributed by atoms with Crippen molar-refractivity contribution in [1.29, 1.82) is 0 Å². The average molecular weight is 408 g/mol. The van der Waals surface area contributed by atoms with Gasteiger partial charge in [0.05, 0.1) is 4.53 Å². The van der Waals surface area contributed by atoms with Crippen molar-refractivity contribution >= 4 is 39.4 Å². The first-order valence-corrected chi connectivity index (χ1v) is 8.90. The van der Waals surface area contributed by atoms with Crippen LogP contribution in [0.3, 0.4) is 0 Å². The Kier molecular flexibility index (Phi) is 3.50. The van der Waals surface area contributed by atoms with Crippen molar-refractivity contribution in [3.05, 3.63) is 54.0 Å². The number of amides is 2. The Morgan fingerprint density at radius 1 is 1.21 bits per heavy atom. The number of thiazole rings is 1. The zero-order valence-electron chi connectivity index (χ0n) is 12.9. The maximum atomic E-state index is 12.9. The molecule has 1 aromatic carbocycles. The molecule has 0 radical (unpaired) electrons. The van der Waals surface area contributed by atoms with Gasteiger partial charge in [-0.15, -0.1) is 5.10 Å². The highest BCUT2D eigenvalue weighted by molar-refractivity contribution is 9.10. The van der Waals surface area contributed by atoms with Crippen LogP contribution in [0.25, 0.3) is 6.08 Å². The van der Waals surface area contributed by atoms with Crippen LogP contribution in [0.15, 0.2) is 38.6 Å². The summed E-state index contributed by atoms with van der Waals surface area (Å²) in [6.07, 6.45) is 1.10. The lowest BCUT2D eigenvalue weighted by atomic mass is 10.2. The Labute approximate surface area is 149 Å². The lowest BCUT2D eigenvalue weighted by Gasteiger charge is -2.27. The number of hydrogen-bond acceptors (Lipinski definition) is 5. The van der Waals surface area contributed by atoms with Crippen molar-refractivity contribution in [1.82, 2.24) is 19.8 Å². The number of nitrogens with one attached hydrogen (secondary N) is 1. The molecular formula is C15H14BrN5O2S. The van der Waals surface area contributed by atoms with Crippen LogP contribution in [0.1, 0.15) is 11.7 Å². The fourth-order valence-electron chi connectivity index (χ4n) is 2.99. The molecule has 2 unspecified atom stereocenters. The molecule has 3 heterocycles. The summed E-state index contributed by atoms with van der Waals surface area (Å²) in [6.45, 7) is 0. The quantitative estimate of drug-likeness (QED) is 0.746. The first-order chi connectivity index (χ1) is 11.5. The molecule has 4 rings (SSSR count). The molecule has 9 heteroatoms. The molecule has 1 saturated heterocycles. The fraction of sp³-hybridized carbons (Fsp3) is 0.267. The molecular weight excluding hydrogens is 394 g/mol. The third-order valence-corrected chi connectivity index (χ3v) is 5.77. The molecule has 2 atom stereocenters. The van der Waals surface area contributed by atoms with Crippen molar-refractivity contribution in [3.63, 3.8) is 0 Å². The van der Waals surface area contributed by atoms with Gasteiger partial charge in [-0.2, -0.15) is 0 Å². The maximum Gasteiger partial charge on any atom is 0.323 e. The van der Waals surface area contributed by atoms with Gasteiger partial charge in [-0.1, -0.05) is 39.4 Å². The van der Waals surface area contributed by atoms with Crippen LogP contribution in [-0.4, -0.2) is 40.7 Å². The molecule has 2 aliphatic rings. The fourth-order valence-corrected chi connectivity index (χ4v) is 4.22. The number of fused-ring (bicyclic) bond motifs is 3.